The Bertz CT molecular complexity index is 1220. The zero-order chi connectivity index (χ0) is 23.1. The van der Waals surface area contributed by atoms with Crippen LogP contribution in [0.15, 0.2) is 84.0 Å². The third-order valence-corrected chi connectivity index (χ3v) is 5.93. The van der Waals surface area contributed by atoms with Crippen LogP contribution in [-0.2, 0) is 16.6 Å². The van der Waals surface area contributed by atoms with Crippen LogP contribution in [0.1, 0.15) is 28.4 Å². The van der Waals surface area contributed by atoms with Gasteiger partial charge in [-0.05, 0) is 36.8 Å². The van der Waals surface area contributed by atoms with Gasteiger partial charge in [0.2, 0.25) is 10.0 Å². The van der Waals surface area contributed by atoms with E-state index in [0.717, 1.165) is 17.4 Å². The first-order chi connectivity index (χ1) is 15.3. The van der Waals surface area contributed by atoms with Crippen LogP contribution in [0.5, 0.6) is 5.75 Å². The van der Waals surface area contributed by atoms with E-state index < -0.39 is 15.9 Å². The predicted octanol–water partition coefficient (Wildman–Crippen LogP) is 3.82. The zero-order valence-corrected chi connectivity index (χ0v) is 19.0. The Morgan fingerprint density at radius 1 is 1.00 bits per heavy atom. The molecule has 0 bridgehead atoms. The van der Waals surface area contributed by atoms with E-state index in [1.807, 2.05) is 54.6 Å². The third-order valence-electron chi connectivity index (χ3n) is 4.80. The van der Waals surface area contributed by atoms with Crippen molar-refractivity contribution in [1.29, 1.82) is 0 Å². The Labute approximate surface area is 188 Å². The Morgan fingerprint density at radius 3 is 2.38 bits per heavy atom. The molecule has 0 aromatic heterocycles. The van der Waals surface area contributed by atoms with E-state index in [9.17, 15) is 13.2 Å². The number of rotatable bonds is 8. The summed E-state index contributed by atoms with van der Waals surface area (Å²) in [6, 6.07) is 23.1. The van der Waals surface area contributed by atoms with E-state index in [-0.39, 0.29) is 17.8 Å². The molecule has 0 unspecified atom stereocenters. The lowest BCUT2D eigenvalue weighted by Gasteiger charge is -2.24. The molecule has 3 rings (SSSR count). The summed E-state index contributed by atoms with van der Waals surface area (Å²) in [6.07, 6.45) is 1.12. The quantitative estimate of drug-likeness (QED) is 0.417. The largest absolute Gasteiger partial charge is 0.497 e. The first-order valence-electron chi connectivity index (χ1n) is 9.89. The van der Waals surface area contributed by atoms with Crippen LogP contribution in [0.3, 0.4) is 0 Å². The van der Waals surface area contributed by atoms with Crippen molar-refractivity contribution >= 4 is 27.3 Å². The van der Waals surface area contributed by atoms with E-state index >= 15 is 0 Å². The third kappa shape index (κ3) is 5.73. The first kappa shape index (κ1) is 23.0. The van der Waals surface area contributed by atoms with Gasteiger partial charge >= 0.3 is 0 Å². The van der Waals surface area contributed by atoms with Crippen LogP contribution in [-0.4, -0.2) is 33.4 Å². The van der Waals surface area contributed by atoms with Crippen LogP contribution < -0.4 is 14.5 Å². The minimum absolute atomic E-state index is 0.107. The van der Waals surface area contributed by atoms with Crippen molar-refractivity contribution in [1.82, 2.24) is 5.43 Å². The maximum Gasteiger partial charge on any atom is 0.273 e. The van der Waals surface area contributed by atoms with Crippen LogP contribution in [0.25, 0.3) is 0 Å². The molecule has 1 N–H and O–H groups in total. The van der Waals surface area contributed by atoms with E-state index in [0.29, 0.717) is 11.5 Å². The number of benzene rings is 3. The van der Waals surface area contributed by atoms with E-state index in [1.54, 1.807) is 38.3 Å². The van der Waals surface area contributed by atoms with Gasteiger partial charge in [-0.3, -0.25) is 9.10 Å². The second kappa shape index (κ2) is 10.1. The van der Waals surface area contributed by atoms with Crippen molar-refractivity contribution in [3.05, 3.63) is 95.6 Å². The molecule has 32 heavy (non-hydrogen) atoms. The number of anilines is 1. The number of carbonyl (C=O) groups is 1. The molecule has 0 heterocycles. The Balaban J connectivity index is 1.89. The lowest BCUT2D eigenvalue weighted by atomic mass is 10.1. The molecule has 166 valence electrons. The lowest BCUT2D eigenvalue weighted by molar-refractivity contribution is 0.0955. The van der Waals surface area contributed by atoms with Crippen LogP contribution in [0.4, 0.5) is 5.69 Å². The smallest absolute Gasteiger partial charge is 0.273 e. The second-order valence-corrected chi connectivity index (χ2v) is 9.05. The van der Waals surface area contributed by atoms with Gasteiger partial charge in [0.1, 0.15) is 5.75 Å². The number of sulfonamides is 1. The molecule has 0 aliphatic carbocycles. The summed E-state index contributed by atoms with van der Waals surface area (Å²) in [5.41, 5.74) is 5.20. The fourth-order valence-corrected chi connectivity index (χ4v) is 4.02. The number of hydrogen-bond donors (Lipinski definition) is 1. The summed E-state index contributed by atoms with van der Waals surface area (Å²) in [5, 5.41) is 4.19. The van der Waals surface area contributed by atoms with Gasteiger partial charge in [-0.1, -0.05) is 54.6 Å². The summed E-state index contributed by atoms with van der Waals surface area (Å²) in [7, 11) is -2.07. The maximum atomic E-state index is 12.9. The van der Waals surface area contributed by atoms with E-state index in [2.05, 4.69) is 10.5 Å². The highest BCUT2D eigenvalue weighted by molar-refractivity contribution is 7.92. The normalized spacial score (nSPS) is 11.7. The molecule has 0 radical (unpaired) electrons. The molecule has 1 amide bonds. The molecule has 0 aliphatic rings. The number of ether oxygens (including phenoxy) is 1. The van der Waals surface area contributed by atoms with Crippen molar-refractivity contribution in [3.8, 4) is 5.75 Å². The molecule has 0 spiro atoms. The SMILES string of the molecule is COc1cccc(/C(C)=N\NC(=O)c2ccccc2N(Cc2ccccc2)S(C)(=O)=O)c1. The van der Waals surface area contributed by atoms with Crippen LogP contribution in [0.2, 0.25) is 0 Å². The van der Waals surface area contributed by atoms with Crippen molar-refractivity contribution < 1.29 is 17.9 Å². The van der Waals surface area contributed by atoms with Crippen molar-refractivity contribution in [3.63, 3.8) is 0 Å². The van der Waals surface area contributed by atoms with E-state index in [1.165, 1.54) is 4.31 Å². The zero-order valence-electron chi connectivity index (χ0n) is 18.1. The number of para-hydroxylation sites is 1. The standard InChI is InChI=1S/C24H25N3O4S/c1-18(20-12-9-13-21(16-20)31-2)25-26-24(28)22-14-7-8-15-23(22)27(32(3,29)30)17-19-10-5-4-6-11-19/h4-16H,17H2,1-3H3,(H,26,28)/b25-18-. The summed E-state index contributed by atoms with van der Waals surface area (Å²) in [5.74, 6) is 0.169. The number of methoxy groups -OCH3 is 1. The number of nitrogens with one attached hydrogen (secondary N) is 1. The molecule has 0 saturated carbocycles. The number of hydrogen-bond acceptors (Lipinski definition) is 5. The molecule has 7 nitrogen and oxygen atoms in total. The monoisotopic (exact) mass is 451 g/mol. The highest BCUT2D eigenvalue weighted by atomic mass is 32.2. The fraction of sp³-hybridized carbons (Fsp3) is 0.167. The molecule has 0 fully saturated rings. The topological polar surface area (TPSA) is 88.1 Å². The first-order valence-corrected chi connectivity index (χ1v) is 11.7. The number of amides is 1. The summed E-state index contributed by atoms with van der Waals surface area (Å²) in [6.45, 7) is 1.87. The van der Waals surface area contributed by atoms with E-state index in [4.69, 9.17) is 4.74 Å². The molecule has 8 heteroatoms. The Morgan fingerprint density at radius 2 is 1.69 bits per heavy atom. The van der Waals surface area contributed by atoms with Gasteiger partial charge in [0.25, 0.3) is 5.91 Å². The van der Waals surface area contributed by atoms with Gasteiger partial charge in [-0.15, -0.1) is 0 Å². The average molecular weight is 452 g/mol. The molecule has 3 aromatic rings. The molecule has 0 atom stereocenters. The van der Waals surface area contributed by atoms with Gasteiger partial charge < -0.3 is 4.74 Å². The molecule has 0 aliphatic heterocycles. The Kier molecular flexibility index (Phi) is 7.27. The van der Waals surface area contributed by atoms with Crippen LogP contribution in [0, 0.1) is 0 Å². The minimum atomic E-state index is -3.65. The number of hydrazone groups is 1. The Hall–Kier alpha value is -3.65. The van der Waals surface area contributed by atoms with Crippen molar-refractivity contribution in [2.75, 3.05) is 17.7 Å². The van der Waals surface area contributed by atoms with Crippen LogP contribution >= 0.6 is 0 Å². The van der Waals surface area contributed by atoms with Gasteiger partial charge in [-0.2, -0.15) is 5.10 Å². The summed E-state index contributed by atoms with van der Waals surface area (Å²) < 4.78 is 31.6. The molecule has 0 saturated heterocycles. The van der Waals surface area contributed by atoms with Crippen molar-refractivity contribution in [2.45, 2.75) is 13.5 Å². The molecular weight excluding hydrogens is 426 g/mol. The van der Waals surface area contributed by atoms with Crippen molar-refractivity contribution in [2.24, 2.45) is 5.10 Å². The van der Waals surface area contributed by atoms with Gasteiger partial charge in [0, 0.05) is 5.56 Å². The molecular formula is C24H25N3O4S. The van der Waals surface area contributed by atoms with Gasteiger partial charge in [-0.25, -0.2) is 13.8 Å². The predicted molar refractivity (Wildman–Crippen MR) is 127 cm³/mol. The lowest BCUT2D eigenvalue weighted by Crippen LogP contribution is -2.32. The average Bonchev–Trinajstić information content (AvgIpc) is 2.80. The van der Waals surface area contributed by atoms with Gasteiger partial charge in [0.15, 0.2) is 0 Å². The minimum Gasteiger partial charge on any atom is -0.497 e. The maximum absolute atomic E-state index is 12.9. The number of carbonyl (C=O) groups excluding carboxylic acids is 1. The molecule has 3 aromatic carbocycles. The number of nitrogens with zero attached hydrogens (tertiary/aromatic N) is 2. The highest BCUT2D eigenvalue weighted by Crippen LogP contribution is 2.25. The highest BCUT2D eigenvalue weighted by Gasteiger charge is 2.23. The van der Waals surface area contributed by atoms with Gasteiger partial charge in [0.05, 0.1) is 36.9 Å². The fourth-order valence-electron chi connectivity index (χ4n) is 3.12. The summed E-state index contributed by atoms with van der Waals surface area (Å²) >= 11 is 0. The summed E-state index contributed by atoms with van der Waals surface area (Å²) in [4.78, 5) is 12.9. The second-order valence-electron chi connectivity index (χ2n) is 7.14.